The maximum atomic E-state index is 12.4. The average Bonchev–Trinajstić information content (AvgIpc) is 2.89. The summed E-state index contributed by atoms with van der Waals surface area (Å²) < 4.78 is 1.57. The molecule has 7 nitrogen and oxygen atoms in total. The molecule has 0 saturated carbocycles. The molecule has 0 aliphatic rings. The fourth-order valence-corrected chi connectivity index (χ4v) is 2.33. The Hall–Kier alpha value is -1.44. The molecule has 0 atom stereocenters. The molecule has 0 aromatic carbocycles. The van der Waals surface area contributed by atoms with Crippen molar-refractivity contribution in [2.45, 2.75) is 46.1 Å². The van der Waals surface area contributed by atoms with Gasteiger partial charge in [-0.1, -0.05) is 13.8 Å². The van der Waals surface area contributed by atoms with Gasteiger partial charge < -0.3 is 11.1 Å². The molecule has 0 unspecified atom stereocenters. The maximum absolute atomic E-state index is 12.4. The lowest BCUT2D eigenvalue weighted by molar-refractivity contribution is 0.0884. The summed E-state index contributed by atoms with van der Waals surface area (Å²) in [7, 11) is 0. The first-order valence-electron chi connectivity index (χ1n) is 7.18. The summed E-state index contributed by atoms with van der Waals surface area (Å²) >= 11 is 0. The molecule has 0 aliphatic heterocycles. The molecule has 0 bridgehead atoms. The molecule has 2 aromatic heterocycles. The number of hydrogen-bond acceptors (Lipinski definition) is 5. The Kier molecular flexibility index (Phi) is 7.90. The number of nitrogens with one attached hydrogen (secondary N) is 1. The number of nitrogens with two attached hydrogens (primary N) is 1. The van der Waals surface area contributed by atoms with Crippen LogP contribution in [-0.2, 0) is 0 Å². The Balaban J connectivity index is 0.00000242. The van der Waals surface area contributed by atoms with Crippen LogP contribution in [0.1, 0.15) is 48.7 Å². The molecule has 23 heavy (non-hydrogen) atoms. The smallest absolute Gasteiger partial charge is 0.291 e. The third kappa shape index (κ3) is 4.31. The van der Waals surface area contributed by atoms with Crippen LogP contribution in [0.25, 0.3) is 5.78 Å². The minimum atomic E-state index is -0.410. The SMILES string of the molecule is CCC(CC)(CN)NC(=O)c1nc2nc(C)cc(C)n2n1.Cl.Cl. The topological polar surface area (TPSA) is 98.2 Å². The number of fused-ring (bicyclic) bond motifs is 1. The van der Waals surface area contributed by atoms with Crippen molar-refractivity contribution >= 4 is 36.5 Å². The van der Waals surface area contributed by atoms with E-state index < -0.39 is 5.54 Å². The van der Waals surface area contributed by atoms with Crippen molar-refractivity contribution < 1.29 is 4.79 Å². The second-order valence-electron chi connectivity index (χ2n) is 5.33. The molecule has 0 radical (unpaired) electrons. The van der Waals surface area contributed by atoms with E-state index in [0.717, 1.165) is 24.2 Å². The van der Waals surface area contributed by atoms with Crippen molar-refractivity contribution in [2.24, 2.45) is 5.73 Å². The van der Waals surface area contributed by atoms with Gasteiger partial charge in [0.05, 0.1) is 5.54 Å². The van der Waals surface area contributed by atoms with Crippen molar-refractivity contribution in [3.8, 4) is 0 Å². The average molecular weight is 363 g/mol. The second kappa shape index (κ2) is 8.42. The fourth-order valence-electron chi connectivity index (χ4n) is 2.33. The van der Waals surface area contributed by atoms with Gasteiger partial charge in [-0.2, -0.15) is 4.98 Å². The van der Waals surface area contributed by atoms with Crippen LogP contribution in [0.5, 0.6) is 0 Å². The lowest BCUT2D eigenvalue weighted by Gasteiger charge is -2.30. The van der Waals surface area contributed by atoms with Gasteiger partial charge in [-0.25, -0.2) is 9.50 Å². The van der Waals surface area contributed by atoms with Crippen molar-refractivity contribution in [1.29, 1.82) is 0 Å². The lowest BCUT2D eigenvalue weighted by Crippen LogP contribution is -2.53. The summed E-state index contributed by atoms with van der Waals surface area (Å²) in [4.78, 5) is 20.9. The van der Waals surface area contributed by atoms with Crippen LogP contribution in [0.15, 0.2) is 6.07 Å². The number of aromatic nitrogens is 4. The monoisotopic (exact) mass is 362 g/mol. The first kappa shape index (κ1) is 21.6. The normalized spacial score (nSPS) is 10.8. The Bertz CT molecular complexity index is 660. The van der Waals surface area contributed by atoms with Crippen LogP contribution in [0, 0.1) is 13.8 Å². The summed E-state index contributed by atoms with van der Waals surface area (Å²) in [6, 6.07) is 1.89. The highest BCUT2D eigenvalue weighted by atomic mass is 35.5. The van der Waals surface area contributed by atoms with Crippen molar-refractivity contribution in [1.82, 2.24) is 24.9 Å². The molecule has 1 amide bonds. The van der Waals surface area contributed by atoms with Crippen LogP contribution in [-0.4, -0.2) is 37.6 Å². The maximum Gasteiger partial charge on any atom is 0.291 e. The number of rotatable bonds is 5. The Morgan fingerprint density at radius 3 is 2.39 bits per heavy atom. The third-order valence-corrected chi connectivity index (χ3v) is 3.94. The largest absolute Gasteiger partial charge is 0.343 e. The highest BCUT2D eigenvalue weighted by Gasteiger charge is 2.28. The number of carbonyl (C=O) groups excluding carboxylic acids is 1. The second-order valence-corrected chi connectivity index (χ2v) is 5.33. The molecule has 0 fully saturated rings. The van der Waals surface area contributed by atoms with E-state index >= 15 is 0 Å². The van der Waals surface area contributed by atoms with Crippen molar-refractivity contribution in [3.63, 3.8) is 0 Å². The zero-order valence-corrected chi connectivity index (χ0v) is 15.4. The molecule has 2 heterocycles. The summed E-state index contributed by atoms with van der Waals surface area (Å²) in [5, 5.41) is 7.19. The first-order valence-corrected chi connectivity index (χ1v) is 7.18. The predicted molar refractivity (Wildman–Crippen MR) is 94.6 cm³/mol. The fraction of sp³-hybridized carbons (Fsp3) is 0.571. The van der Waals surface area contributed by atoms with Gasteiger partial charge in [0.1, 0.15) is 0 Å². The molecule has 9 heteroatoms. The number of carbonyl (C=O) groups is 1. The first-order chi connectivity index (χ1) is 9.94. The molecule has 2 rings (SSSR count). The lowest BCUT2D eigenvalue weighted by atomic mass is 9.93. The van der Waals surface area contributed by atoms with Gasteiger partial charge in [0.2, 0.25) is 5.82 Å². The number of halogens is 2. The molecule has 2 aromatic rings. The molecule has 0 aliphatic carbocycles. The van der Waals surface area contributed by atoms with Crippen LogP contribution in [0.3, 0.4) is 0 Å². The van der Waals surface area contributed by atoms with Crippen LogP contribution < -0.4 is 11.1 Å². The molecular weight excluding hydrogens is 339 g/mol. The summed E-state index contributed by atoms with van der Waals surface area (Å²) in [6.07, 6.45) is 1.52. The quantitative estimate of drug-likeness (QED) is 0.845. The minimum Gasteiger partial charge on any atom is -0.343 e. The van der Waals surface area contributed by atoms with Crippen molar-refractivity contribution in [3.05, 3.63) is 23.3 Å². The van der Waals surface area contributed by atoms with Crippen LogP contribution in [0.4, 0.5) is 0 Å². The molecule has 130 valence electrons. The van der Waals surface area contributed by atoms with Gasteiger partial charge in [0, 0.05) is 17.9 Å². The molecule has 3 N–H and O–H groups in total. The van der Waals surface area contributed by atoms with Gasteiger partial charge >= 0.3 is 0 Å². The van der Waals surface area contributed by atoms with E-state index in [1.165, 1.54) is 0 Å². The zero-order valence-electron chi connectivity index (χ0n) is 13.8. The summed E-state index contributed by atoms with van der Waals surface area (Å²) in [6.45, 7) is 8.18. The van der Waals surface area contributed by atoms with Crippen molar-refractivity contribution in [2.75, 3.05) is 6.54 Å². The molecular formula is C14H24Cl2N6O. The Morgan fingerprint density at radius 1 is 1.26 bits per heavy atom. The molecule has 0 saturated heterocycles. The van der Waals surface area contributed by atoms with Gasteiger partial charge in [0.25, 0.3) is 11.7 Å². The highest BCUT2D eigenvalue weighted by molar-refractivity contribution is 5.91. The van der Waals surface area contributed by atoms with Gasteiger partial charge in [0.15, 0.2) is 0 Å². The van der Waals surface area contributed by atoms with E-state index in [-0.39, 0.29) is 36.5 Å². The number of aryl methyl sites for hydroxylation is 2. The van der Waals surface area contributed by atoms with E-state index in [2.05, 4.69) is 20.4 Å². The minimum absolute atomic E-state index is 0. The Labute approximate surface area is 148 Å². The van der Waals surface area contributed by atoms with E-state index in [1.807, 2.05) is 33.8 Å². The van der Waals surface area contributed by atoms with E-state index in [1.54, 1.807) is 4.52 Å². The number of amides is 1. The predicted octanol–water partition coefficient (Wildman–Crippen LogP) is 1.83. The molecule has 0 spiro atoms. The van der Waals surface area contributed by atoms with E-state index in [0.29, 0.717) is 12.3 Å². The highest BCUT2D eigenvalue weighted by Crippen LogP contribution is 2.14. The van der Waals surface area contributed by atoms with E-state index in [4.69, 9.17) is 5.73 Å². The standard InChI is InChI=1S/C14H22N6O.2ClH/c1-5-14(6-2,8-15)18-12(21)11-17-13-16-9(3)7-10(4)20(13)19-11;;/h7H,5-6,8,15H2,1-4H3,(H,18,21);2*1H. The Morgan fingerprint density at radius 2 is 1.87 bits per heavy atom. The summed E-state index contributed by atoms with van der Waals surface area (Å²) in [5.41, 5.74) is 7.13. The van der Waals surface area contributed by atoms with Gasteiger partial charge in [-0.05, 0) is 32.8 Å². The van der Waals surface area contributed by atoms with Gasteiger partial charge in [-0.15, -0.1) is 29.9 Å². The van der Waals surface area contributed by atoms with Crippen LogP contribution in [0.2, 0.25) is 0 Å². The van der Waals surface area contributed by atoms with Crippen LogP contribution >= 0.6 is 24.8 Å². The number of hydrogen-bond donors (Lipinski definition) is 2. The number of nitrogens with zero attached hydrogens (tertiary/aromatic N) is 4. The summed E-state index contributed by atoms with van der Waals surface area (Å²) in [5.74, 6) is 0.242. The third-order valence-electron chi connectivity index (χ3n) is 3.94. The zero-order chi connectivity index (χ0) is 15.6. The van der Waals surface area contributed by atoms with E-state index in [9.17, 15) is 4.79 Å². The van der Waals surface area contributed by atoms with Gasteiger partial charge in [-0.3, -0.25) is 4.79 Å².